The van der Waals surface area contributed by atoms with E-state index < -0.39 is 0 Å². The molecule has 1 aromatic carbocycles. The van der Waals surface area contributed by atoms with Crippen LogP contribution in [0.25, 0.3) is 0 Å². The van der Waals surface area contributed by atoms with Crippen LogP contribution < -0.4 is 5.73 Å². The molecular weight excluding hydrogens is 228 g/mol. The predicted molar refractivity (Wildman–Crippen MR) is 71.4 cm³/mol. The van der Waals surface area contributed by atoms with Crippen LogP contribution in [-0.4, -0.2) is 11.0 Å². The molecule has 1 aromatic heterocycles. The summed E-state index contributed by atoms with van der Waals surface area (Å²) in [6, 6.07) is 10.9. The van der Waals surface area contributed by atoms with E-state index in [2.05, 4.69) is 30.3 Å². The summed E-state index contributed by atoms with van der Waals surface area (Å²) in [5, 5.41) is 1.23. The minimum atomic E-state index is 0.340. The highest BCUT2D eigenvalue weighted by Crippen LogP contribution is 2.27. The maximum atomic E-state index is 5.99. The Labute approximate surface area is 106 Å². The smallest absolute Gasteiger partial charge is 0.0974 e. The van der Waals surface area contributed by atoms with Crippen LogP contribution in [0.2, 0.25) is 0 Å². The van der Waals surface area contributed by atoms with E-state index in [1.165, 1.54) is 21.1 Å². The van der Waals surface area contributed by atoms with Gasteiger partial charge in [-0.2, -0.15) is 0 Å². The number of fused-ring (bicyclic) bond motifs is 1. The van der Waals surface area contributed by atoms with E-state index in [9.17, 15) is 0 Å². The number of hydrogen-bond acceptors (Lipinski definition) is 3. The van der Waals surface area contributed by atoms with Crippen molar-refractivity contribution in [2.24, 2.45) is 5.73 Å². The van der Waals surface area contributed by atoms with E-state index in [1.54, 1.807) is 0 Å². The van der Waals surface area contributed by atoms with Crippen molar-refractivity contribution in [3.05, 3.63) is 51.5 Å². The third kappa shape index (κ3) is 2.40. The van der Waals surface area contributed by atoms with E-state index in [-0.39, 0.29) is 0 Å². The van der Waals surface area contributed by atoms with Crippen molar-refractivity contribution in [3.8, 4) is 0 Å². The minimum Gasteiger partial charge on any atom is -0.327 e. The molecule has 0 spiro atoms. The molecule has 0 bridgehead atoms. The first kappa shape index (κ1) is 10.9. The molecule has 3 rings (SSSR count). The minimum absolute atomic E-state index is 0.340. The Morgan fingerprint density at radius 2 is 2.12 bits per heavy atom. The summed E-state index contributed by atoms with van der Waals surface area (Å²) in [4.78, 5) is 6.16. The van der Waals surface area contributed by atoms with Gasteiger partial charge < -0.3 is 5.73 Å². The highest BCUT2D eigenvalue weighted by Gasteiger charge is 2.19. The van der Waals surface area contributed by atoms with Crippen molar-refractivity contribution < 1.29 is 0 Å². The van der Waals surface area contributed by atoms with Crippen molar-refractivity contribution in [1.29, 1.82) is 0 Å². The average Bonchev–Trinajstić information content (AvgIpc) is 2.71. The molecule has 0 radical (unpaired) electrons. The SMILES string of the molecule is NC1CCc2nc(Cc3ccccc3)sc2C1. The van der Waals surface area contributed by atoms with Crippen LogP contribution in [0.1, 0.15) is 27.6 Å². The van der Waals surface area contributed by atoms with Crippen LogP contribution in [0.4, 0.5) is 0 Å². The summed E-state index contributed by atoms with van der Waals surface area (Å²) in [6.07, 6.45) is 4.11. The van der Waals surface area contributed by atoms with Crippen LogP contribution in [-0.2, 0) is 19.3 Å². The molecule has 0 amide bonds. The lowest BCUT2D eigenvalue weighted by molar-refractivity contribution is 0.575. The van der Waals surface area contributed by atoms with E-state index >= 15 is 0 Å². The van der Waals surface area contributed by atoms with E-state index in [1.807, 2.05) is 11.3 Å². The molecule has 88 valence electrons. The summed E-state index contributed by atoms with van der Waals surface area (Å²) in [5.41, 5.74) is 8.62. The van der Waals surface area contributed by atoms with Gasteiger partial charge in [-0.3, -0.25) is 0 Å². The van der Waals surface area contributed by atoms with Crippen LogP contribution in [0.5, 0.6) is 0 Å². The Morgan fingerprint density at radius 1 is 1.29 bits per heavy atom. The Balaban J connectivity index is 1.81. The molecule has 0 aliphatic heterocycles. The first-order valence-corrected chi connectivity index (χ1v) is 6.90. The third-order valence-corrected chi connectivity index (χ3v) is 4.34. The number of hydrogen-bond donors (Lipinski definition) is 1. The van der Waals surface area contributed by atoms with E-state index in [0.29, 0.717) is 6.04 Å². The molecule has 2 nitrogen and oxygen atoms in total. The average molecular weight is 244 g/mol. The Kier molecular flexibility index (Phi) is 2.95. The van der Waals surface area contributed by atoms with Crippen LogP contribution >= 0.6 is 11.3 Å². The number of aromatic nitrogens is 1. The van der Waals surface area contributed by atoms with Gasteiger partial charge in [0.15, 0.2) is 0 Å². The van der Waals surface area contributed by atoms with Crippen molar-refractivity contribution in [1.82, 2.24) is 4.98 Å². The van der Waals surface area contributed by atoms with Gasteiger partial charge in [0, 0.05) is 17.3 Å². The summed E-state index contributed by atoms with van der Waals surface area (Å²) < 4.78 is 0. The molecule has 1 atom stereocenters. The second-order valence-corrected chi connectivity index (χ2v) is 5.81. The molecule has 2 N–H and O–H groups in total. The highest BCUT2D eigenvalue weighted by molar-refractivity contribution is 7.11. The molecule has 1 aliphatic rings. The molecule has 1 unspecified atom stereocenters. The van der Waals surface area contributed by atoms with Crippen molar-refractivity contribution in [3.63, 3.8) is 0 Å². The van der Waals surface area contributed by atoms with Gasteiger partial charge in [0.1, 0.15) is 0 Å². The van der Waals surface area contributed by atoms with Crippen molar-refractivity contribution in [2.45, 2.75) is 31.7 Å². The summed E-state index contributed by atoms with van der Waals surface area (Å²) >= 11 is 1.84. The lowest BCUT2D eigenvalue weighted by Crippen LogP contribution is -2.26. The number of rotatable bonds is 2. The van der Waals surface area contributed by atoms with Gasteiger partial charge in [-0.1, -0.05) is 30.3 Å². The standard InChI is InChI=1S/C14H16N2S/c15-11-6-7-12-13(9-11)17-14(16-12)8-10-4-2-1-3-5-10/h1-5,11H,6-9,15H2. The predicted octanol–water partition coefficient (Wildman–Crippen LogP) is 2.55. The molecule has 1 aliphatic carbocycles. The Hall–Kier alpha value is -1.19. The van der Waals surface area contributed by atoms with Gasteiger partial charge in [0.2, 0.25) is 0 Å². The maximum absolute atomic E-state index is 5.99. The molecule has 3 heteroatoms. The zero-order chi connectivity index (χ0) is 11.7. The van der Waals surface area contributed by atoms with Crippen molar-refractivity contribution in [2.75, 3.05) is 0 Å². The molecule has 17 heavy (non-hydrogen) atoms. The number of benzene rings is 1. The van der Waals surface area contributed by atoms with Gasteiger partial charge in [-0.15, -0.1) is 11.3 Å². The van der Waals surface area contributed by atoms with Crippen LogP contribution in [0.15, 0.2) is 30.3 Å². The zero-order valence-corrected chi connectivity index (χ0v) is 10.5. The lowest BCUT2D eigenvalue weighted by Gasteiger charge is -2.15. The largest absolute Gasteiger partial charge is 0.327 e. The number of nitrogens with zero attached hydrogens (tertiary/aromatic N) is 1. The maximum Gasteiger partial charge on any atom is 0.0974 e. The van der Waals surface area contributed by atoms with Crippen LogP contribution in [0.3, 0.4) is 0 Å². The summed E-state index contributed by atoms with van der Waals surface area (Å²) in [6.45, 7) is 0. The summed E-state index contributed by atoms with van der Waals surface area (Å²) in [7, 11) is 0. The van der Waals surface area contributed by atoms with E-state index in [4.69, 9.17) is 10.7 Å². The summed E-state index contributed by atoms with van der Waals surface area (Å²) in [5.74, 6) is 0. The second-order valence-electron chi connectivity index (χ2n) is 4.64. The monoisotopic (exact) mass is 244 g/mol. The molecule has 0 saturated heterocycles. The van der Waals surface area contributed by atoms with Gasteiger partial charge >= 0.3 is 0 Å². The quantitative estimate of drug-likeness (QED) is 0.881. The Bertz CT molecular complexity index is 504. The fraction of sp³-hybridized carbons (Fsp3) is 0.357. The van der Waals surface area contributed by atoms with E-state index in [0.717, 1.165) is 25.7 Å². The molecule has 0 fully saturated rings. The molecular formula is C14H16N2S. The highest BCUT2D eigenvalue weighted by atomic mass is 32.1. The van der Waals surface area contributed by atoms with Gasteiger partial charge in [0.05, 0.1) is 10.7 Å². The zero-order valence-electron chi connectivity index (χ0n) is 9.73. The first-order valence-electron chi connectivity index (χ1n) is 6.08. The van der Waals surface area contributed by atoms with Crippen molar-refractivity contribution >= 4 is 11.3 Å². The lowest BCUT2D eigenvalue weighted by atomic mass is 9.99. The normalized spacial score (nSPS) is 19.0. The number of nitrogens with two attached hydrogens (primary N) is 1. The van der Waals surface area contributed by atoms with Gasteiger partial charge in [-0.25, -0.2) is 4.98 Å². The molecule has 2 aromatic rings. The number of thiazole rings is 1. The first-order chi connectivity index (χ1) is 8.31. The molecule has 1 heterocycles. The van der Waals surface area contributed by atoms with Gasteiger partial charge in [-0.05, 0) is 24.8 Å². The second kappa shape index (κ2) is 4.59. The fourth-order valence-electron chi connectivity index (χ4n) is 2.30. The molecule has 0 saturated carbocycles. The fourth-order valence-corrected chi connectivity index (χ4v) is 3.54. The van der Waals surface area contributed by atoms with Gasteiger partial charge in [0.25, 0.3) is 0 Å². The Morgan fingerprint density at radius 3 is 2.94 bits per heavy atom. The topological polar surface area (TPSA) is 38.9 Å². The van der Waals surface area contributed by atoms with Crippen LogP contribution in [0, 0.1) is 0 Å². The number of aryl methyl sites for hydroxylation is 1. The third-order valence-electron chi connectivity index (χ3n) is 3.22.